The first-order valence-electron chi connectivity index (χ1n) is 11.4. The molecule has 0 radical (unpaired) electrons. The van der Waals surface area contributed by atoms with Crippen LogP contribution < -0.4 is 14.8 Å². The molecule has 3 aromatic rings. The van der Waals surface area contributed by atoms with E-state index in [1.807, 2.05) is 47.7 Å². The van der Waals surface area contributed by atoms with E-state index in [9.17, 15) is 9.59 Å². The number of fused-ring (bicyclic) bond motifs is 3. The van der Waals surface area contributed by atoms with Crippen molar-refractivity contribution in [3.8, 4) is 22.8 Å². The Labute approximate surface area is 207 Å². The van der Waals surface area contributed by atoms with Crippen LogP contribution in [0.4, 0.5) is 0 Å². The standard InChI is InChI=1S/C25H28N4O5S/c1-14(30)26-21(15-5-8-35-12-15)16-9-17-20(10-19(16)32-4)34-11-18-22(17)27-28-23(18)24(31)29-6-7-33-13-25(29,2)3/h5,8-10,12,21H,6-7,11,13H2,1-4H3,(H,26,30)(H,27,28). The Kier molecular flexibility index (Phi) is 6.02. The fraction of sp³-hybridized carbons (Fsp3) is 0.400. The van der Waals surface area contributed by atoms with Crippen LogP contribution in [0.15, 0.2) is 29.0 Å². The molecule has 0 aliphatic carbocycles. The topological polar surface area (TPSA) is 106 Å². The third-order valence-corrected chi connectivity index (χ3v) is 7.17. The SMILES string of the molecule is COc1cc2c(cc1C(NC(C)=O)c1ccsc1)-c1n[nH]c(C(=O)N3CCOCC3(C)C)c1CO2. The quantitative estimate of drug-likeness (QED) is 0.560. The normalized spacial score (nSPS) is 17.1. The lowest BCUT2D eigenvalue weighted by molar-refractivity contribution is -0.119. The van der Waals surface area contributed by atoms with Crippen molar-refractivity contribution in [3.05, 3.63) is 51.3 Å². The second kappa shape index (κ2) is 9.01. The first kappa shape index (κ1) is 23.4. The molecule has 0 saturated carbocycles. The highest BCUT2D eigenvalue weighted by Crippen LogP contribution is 2.44. The molecule has 4 heterocycles. The van der Waals surface area contributed by atoms with Crippen LogP contribution in [0.3, 0.4) is 0 Å². The van der Waals surface area contributed by atoms with Gasteiger partial charge >= 0.3 is 0 Å². The molecule has 2 aliphatic rings. The number of rotatable bonds is 5. The summed E-state index contributed by atoms with van der Waals surface area (Å²) >= 11 is 1.56. The first-order valence-corrected chi connectivity index (χ1v) is 12.4. The summed E-state index contributed by atoms with van der Waals surface area (Å²) in [5.41, 5.74) is 3.85. The largest absolute Gasteiger partial charge is 0.496 e. The molecule has 2 aliphatic heterocycles. The monoisotopic (exact) mass is 496 g/mol. The number of nitrogens with zero attached hydrogens (tertiary/aromatic N) is 2. The number of benzene rings is 1. The van der Waals surface area contributed by atoms with E-state index in [0.717, 1.165) is 16.7 Å². The number of methoxy groups -OCH3 is 1. The molecule has 2 aromatic heterocycles. The molecule has 35 heavy (non-hydrogen) atoms. The summed E-state index contributed by atoms with van der Waals surface area (Å²) < 4.78 is 17.3. The van der Waals surface area contributed by atoms with Crippen LogP contribution in [-0.4, -0.2) is 59.3 Å². The number of morpholine rings is 1. The number of aromatic amines is 1. The maximum atomic E-state index is 13.5. The number of carbonyl (C=O) groups is 2. The molecule has 1 aromatic carbocycles. The summed E-state index contributed by atoms with van der Waals surface area (Å²) in [5.74, 6) is 0.933. The third-order valence-electron chi connectivity index (χ3n) is 6.47. The Balaban J connectivity index is 1.57. The van der Waals surface area contributed by atoms with Gasteiger partial charge in [0, 0.05) is 36.2 Å². The van der Waals surface area contributed by atoms with Crippen LogP contribution in [0.25, 0.3) is 11.3 Å². The minimum atomic E-state index is -0.423. The van der Waals surface area contributed by atoms with E-state index in [2.05, 4.69) is 15.5 Å². The van der Waals surface area contributed by atoms with Crippen molar-refractivity contribution in [2.75, 3.05) is 26.9 Å². The second-order valence-electron chi connectivity index (χ2n) is 9.32. The maximum Gasteiger partial charge on any atom is 0.272 e. The maximum absolute atomic E-state index is 13.5. The molecule has 184 valence electrons. The number of ether oxygens (including phenoxy) is 3. The molecule has 2 N–H and O–H groups in total. The van der Waals surface area contributed by atoms with E-state index in [4.69, 9.17) is 14.2 Å². The first-order chi connectivity index (χ1) is 16.8. The average Bonchev–Trinajstić information content (AvgIpc) is 3.51. The Hall–Kier alpha value is -3.37. The molecule has 9 nitrogen and oxygen atoms in total. The summed E-state index contributed by atoms with van der Waals surface area (Å²) in [4.78, 5) is 27.4. The van der Waals surface area contributed by atoms with Gasteiger partial charge in [-0.1, -0.05) is 0 Å². The van der Waals surface area contributed by atoms with E-state index >= 15 is 0 Å². The van der Waals surface area contributed by atoms with Crippen molar-refractivity contribution in [1.82, 2.24) is 20.4 Å². The summed E-state index contributed by atoms with van der Waals surface area (Å²) in [7, 11) is 1.59. The van der Waals surface area contributed by atoms with E-state index in [1.165, 1.54) is 6.92 Å². The van der Waals surface area contributed by atoms with Gasteiger partial charge in [0.05, 0.1) is 31.9 Å². The zero-order chi connectivity index (χ0) is 24.7. The van der Waals surface area contributed by atoms with Crippen LogP contribution in [0, 0.1) is 0 Å². The molecule has 2 amide bonds. The van der Waals surface area contributed by atoms with Crippen LogP contribution >= 0.6 is 11.3 Å². The lowest BCUT2D eigenvalue weighted by Crippen LogP contribution is -2.55. The Morgan fingerprint density at radius 2 is 2.17 bits per heavy atom. The van der Waals surface area contributed by atoms with Gasteiger partial charge in [0.1, 0.15) is 29.5 Å². The average molecular weight is 497 g/mol. The van der Waals surface area contributed by atoms with Crippen molar-refractivity contribution in [3.63, 3.8) is 0 Å². The van der Waals surface area contributed by atoms with Crippen LogP contribution in [0.1, 0.15) is 54.0 Å². The minimum Gasteiger partial charge on any atom is -0.496 e. The van der Waals surface area contributed by atoms with Gasteiger partial charge in [0.2, 0.25) is 5.91 Å². The van der Waals surface area contributed by atoms with E-state index in [1.54, 1.807) is 18.4 Å². The predicted octanol–water partition coefficient (Wildman–Crippen LogP) is 3.52. The van der Waals surface area contributed by atoms with Crippen molar-refractivity contribution in [1.29, 1.82) is 0 Å². The smallest absolute Gasteiger partial charge is 0.272 e. The molecule has 1 atom stereocenters. The molecule has 10 heteroatoms. The lowest BCUT2D eigenvalue weighted by Gasteiger charge is -2.42. The Morgan fingerprint density at radius 1 is 1.34 bits per heavy atom. The van der Waals surface area contributed by atoms with Gasteiger partial charge in [-0.05, 0) is 42.3 Å². The molecule has 1 fully saturated rings. The highest BCUT2D eigenvalue weighted by atomic mass is 32.1. The molecule has 1 saturated heterocycles. The van der Waals surface area contributed by atoms with E-state index in [0.29, 0.717) is 48.2 Å². The number of aromatic nitrogens is 2. The van der Waals surface area contributed by atoms with Crippen molar-refractivity contribution in [2.24, 2.45) is 0 Å². The zero-order valence-electron chi connectivity index (χ0n) is 20.1. The van der Waals surface area contributed by atoms with Crippen LogP contribution in [0.2, 0.25) is 0 Å². The molecule has 0 bridgehead atoms. The summed E-state index contributed by atoms with van der Waals surface area (Å²) in [5, 5.41) is 14.5. The van der Waals surface area contributed by atoms with Gasteiger partial charge in [-0.25, -0.2) is 0 Å². The summed E-state index contributed by atoms with van der Waals surface area (Å²) in [6.45, 7) is 7.17. The fourth-order valence-corrected chi connectivity index (χ4v) is 5.38. The molecular formula is C25H28N4O5S. The number of nitrogens with one attached hydrogen (secondary N) is 2. The van der Waals surface area contributed by atoms with Gasteiger partial charge in [-0.2, -0.15) is 16.4 Å². The zero-order valence-corrected chi connectivity index (χ0v) is 21.0. The molecular weight excluding hydrogens is 468 g/mol. The van der Waals surface area contributed by atoms with E-state index in [-0.39, 0.29) is 18.4 Å². The highest BCUT2D eigenvalue weighted by Gasteiger charge is 2.38. The van der Waals surface area contributed by atoms with Crippen molar-refractivity contribution < 1.29 is 23.8 Å². The second-order valence-corrected chi connectivity index (χ2v) is 10.1. The number of H-pyrrole nitrogens is 1. The number of amides is 2. The fourth-order valence-electron chi connectivity index (χ4n) is 4.69. The number of hydrogen-bond acceptors (Lipinski definition) is 7. The van der Waals surface area contributed by atoms with Gasteiger partial charge in [0.15, 0.2) is 0 Å². The molecule has 0 spiro atoms. The summed E-state index contributed by atoms with van der Waals surface area (Å²) in [6.07, 6.45) is 0. The van der Waals surface area contributed by atoms with Gasteiger partial charge < -0.3 is 24.4 Å². The highest BCUT2D eigenvalue weighted by molar-refractivity contribution is 7.08. The number of carbonyl (C=O) groups excluding carboxylic acids is 2. The van der Waals surface area contributed by atoms with Gasteiger partial charge in [-0.15, -0.1) is 0 Å². The van der Waals surface area contributed by atoms with Gasteiger partial charge in [0.25, 0.3) is 5.91 Å². The van der Waals surface area contributed by atoms with Crippen molar-refractivity contribution >= 4 is 23.2 Å². The molecule has 5 rings (SSSR count). The Morgan fingerprint density at radius 3 is 2.86 bits per heavy atom. The number of hydrogen-bond donors (Lipinski definition) is 2. The van der Waals surface area contributed by atoms with Crippen LogP contribution in [-0.2, 0) is 16.1 Å². The van der Waals surface area contributed by atoms with E-state index < -0.39 is 11.6 Å². The Bertz CT molecular complexity index is 1270. The summed E-state index contributed by atoms with van der Waals surface area (Å²) in [6, 6.07) is 5.31. The molecule has 1 unspecified atom stereocenters. The van der Waals surface area contributed by atoms with Crippen molar-refractivity contribution in [2.45, 2.75) is 39.0 Å². The predicted molar refractivity (Wildman–Crippen MR) is 131 cm³/mol. The van der Waals surface area contributed by atoms with Crippen LogP contribution in [0.5, 0.6) is 11.5 Å². The van der Waals surface area contributed by atoms with Gasteiger partial charge in [-0.3, -0.25) is 14.7 Å². The minimum absolute atomic E-state index is 0.123. The lowest BCUT2D eigenvalue weighted by atomic mass is 9.93. The third kappa shape index (κ3) is 4.17. The number of thiophene rings is 1.